The summed E-state index contributed by atoms with van der Waals surface area (Å²) in [5, 5.41) is 10.4. The number of nitrogens with two attached hydrogens (primary N) is 1. The Labute approximate surface area is 125 Å². The molecule has 0 saturated heterocycles. The van der Waals surface area contributed by atoms with Crippen molar-refractivity contribution in [2.75, 3.05) is 14.2 Å². The zero-order valence-electron chi connectivity index (χ0n) is 12.3. The number of ether oxygens (including phenoxy) is 2. The first-order valence-electron chi connectivity index (χ1n) is 6.85. The van der Waals surface area contributed by atoms with Gasteiger partial charge in [0.15, 0.2) is 11.5 Å². The average molecular weight is 287 g/mol. The largest absolute Gasteiger partial charge is 0.493 e. The van der Waals surface area contributed by atoms with Crippen molar-refractivity contribution in [3.8, 4) is 11.5 Å². The van der Waals surface area contributed by atoms with Crippen molar-refractivity contribution in [1.29, 1.82) is 0 Å². The maximum absolute atomic E-state index is 10.4. The second-order valence-electron chi connectivity index (χ2n) is 4.87. The van der Waals surface area contributed by atoms with Crippen molar-refractivity contribution in [2.24, 2.45) is 5.73 Å². The van der Waals surface area contributed by atoms with Gasteiger partial charge in [-0.25, -0.2) is 0 Å². The van der Waals surface area contributed by atoms with E-state index in [0.717, 1.165) is 11.1 Å². The third-order valence-electron chi connectivity index (χ3n) is 3.49. The minimum absolute atomic E-state index is 0.488. The number of para-hydroxylation sites is 1. The molecule has 112 valence electrons. The first-order valence-corrected chi connectivity index (χ1v) is 6.85. The van der Waals surface area contributed by atoms with Gasteiger partial charge < -0.3 is 20.3 Å². The lowest BCUT2D eigenvalue weighted by Gasteiger charge is -2.22. The van der Waals surface area contributed by atoms with Crippen LogP contribution in [0.5, 0.6) is 11.5 Å². The highest BCUT2D eigenvalue weighted by molar-refractivity contribution is 5.48. The molecule has 0 fully saturated rings. The molecular formula is C17H21NO3. The van der Waals surface area contributed by atoms with Crippen LogP contribution in [0.1, 0.15) is 17.2 Å². The minimum atomic E-state index is -0.701. The molecule has 0 spiro atoms. The van der Waals surface area contributed by atoms with Crippen LogP contribution in [0, 0.1) is 0 Å². The normalized spacial score (nSPS) is 13.5. The zero-order valence-corrected chi connectivity index (χ0v) is 12.3. The summed E-state index contributed by atoms with van der Waals surface area (Å²) < 4.78 is 10.6. The Morgan fingerprint density at radius 3 is 2.33 bits per heavy atom. The molecule has 2 aromatic rings. The van der Waals surface area contributed by atoms with Gasteiger partial charge in [0.1, 0.15) is 0 Å². The molecule has 2 aromatic carbocycles. The number of methoxy groups -OCH3 is 2. The van der Waals surface area contributed by atoms with Crippen molar-refractivity contribution in [1.82, 2.24) is 0 Å². The first-order chi connectivity index (χ1) is 10.2. The molecule has 0 aromatic heterocycles. The number of rotatable bonds is 6. The third kappa shape index (κ3) is 3.54. The molecule has 4 heteroatoms. The summed E-state index contributed by atoms with van der Waals surface area (Å²) in [6, 6.07) is 14.7. The molecule has 0 amide bonds. The number of hydrogen-bond donors (Lipinski definition) is 2. The Kier molecular flexibility index (Phi) is 5.20. The average Bonchev–Trinajstić information content (AvgIpc) is 2.54. The van der Waals surface area contributed by atoms with E-state index in [2.05, 4.69) is 0 Å². The van der Waals surface area contributed by atoms with E-state index in [0.29, 0.717) is 17.9 Å². The van der Waals surface area contributed by atoms with Crippen LogP contribution >= 0.6 is 0 Å². The topological polar surface area (TPSA) is 64.7 Å². The summed E-state index contributed by atoms with van der Waals surface area (Å²) in [6.45, 7) is 0. The molecule has 21 heavy (non-hydrogen) atoms. The molecule has 0 unspecified atom stereocenters. The van der Waals surface area contributed by atoms with Crippen LogP contribution in [0.15, 0.2) is 48.5 Å². The zero-order chi connectivity index (χ0) is 15.2. The van der Waals surface area contributed by atoms with Crippen molar-refractivity contribution in [3.63, 3.8) is 0 Å². The molecule has 0 bridgehead atoms. The van der Waals surface area contributed by atoms with Gasteiger partial charge in [0.25, 0.3) is 0 Å². The first kappa shape index (κ1) is 15.4. The van der Waals surface area contributed by atoms with Crippen LogP contribution < -0.4 is 15.2 Å². The van der Waals surface area contributed by atoms with Gasteiger partial charge in [-0.15, -0.1) is 0 Å². The van der Waals surface area contributed by atoms with E-state index in [-0.39, 0.29) is 0 Å². The van der Waals surface area contributed by atoms with Gasteiger partial charge in [-0.3, -0.25) is 0 Å². The Morgan fingerprint density at radius 1 is 1.00 bits per heavy atom. The van der Waals surface area contributed by atoms with Gasteiger partial charge in [0, 0.05) is 12.0 Å². The highest BCUT2D eigenvalue weighted by Gasteiger charge is 2.22. The van der Waals surface area contributed by atoms with Crippen LogP contribution in [0.4, 0.5) is 0 Å². The second kappa shape index (κ2) is 7.11. The predicted molar refractivity (Wildman–Crippen MR) is 82.6 cm³/mol. The molecule has 3 N–H and O–H groups in total. The quantitative estimate of drug-likeness (QED) is 0.855. The number of benzene rings is 2. The van der Waals surface area contributed by atoms with Crippen LogP contribution in [0.2, 0.25) is 0 Å². The summed E-state index contributed by atoms with van der Waals surface area (Å²) in [7, 11) is 3.14. The lowest BCUT2D eigenvalue weighted by Crippen LogP contribution is -2.28. The fourth-order valence-electron chi connectivity index (χ4n) is 2.36. The van der Waals surface area contributed by atoms with Crippen LogP contribution in [-0.2, 0) is 6.42 Å². The van der Waals surface area contributed by atoms with Gasteiger partial charge in [0.2, 0.25) is 0 Å². The molecule has 4 nitrogen and oxygen atoms in total. The van der Waals surface area contributed by atoms with Crippen LogP contribution in [0.25, 0.3) is 0 Å². The number of aliphatic hydroxyl groups excluding tert-OH is 1. The standard InChI is InChI=1S/C17H21NO3/c1-20-15-10-6-9-13(17(15)21-2)16(18)14(19)11-12-7-4-3-5-8-12/h3-10,14,16,19H,11,18H2,1-2H3/t14-,16+/m1/s1. The van der Waals surface area contributed by atoms with Gasteiger partial charge in [-0.1, -0.05) is 42.5 Å². The fraction of sp³-hybridized carbons (Fsp3) is 0.294. The highest BCUT2D eigenvalue weighted by atomic mass is 16.5. The molecule has 0 saturated carbocycles. The molecule has 0 aliphatic heterocycles. The Balaban J connectivity index is 2.21. The molecule has 2 rings (SSSR count). The maximum Gasteiger partial charge on any atom is 0.165 e. The molecule has 0 aliphatic rings. The third-order valence-corrected chi connectivity index (χ3v) is 3.49. The smallest absolute Gasteiger partial charge is 0.165 e. The summed E-state index contributed by atoms with van der Waals surface area (Å²) in [5.41, 5.74) is 7.98. The van der Waals surface area contributed by atoms with E-state index >= 15 is 0 Å². The molecule has 0 heterocycles. The van der Waals surface area contributed by atoms with E-state index < -0.39 is 12.1 Å². The Bertz CT molecular complexity index is 572. The lowest BCUT2D eigenvalue weighted by molar-refractivity contribution is 0.143. The Hall–Kier alpha value is -2.04. The maximum atomic E-state index is 10.4. The molecule has 2 atom stereocenters. The summed E-state index contributed by atoms with van der Waals surface area (Å²) in [6.07, 6.45) is -0.212. The van der Waals surface area contributed by atoms with E-state index in [1.807, 2.05) is 42.5 Å². The highest BCUT2D eigenvalue weighted by Crippen LogP contribution is 2.35. The van der Waals surface area contributed by atoms with E-state index in [1.54, 1.807) is 20.3 Å². The predicted octanol–water partition coefficient (Wildman–Crippen LogP) is 2.31. The van der Waals surface area contributed by atoms with Crippen molar-refractivity contribution in [2.45, 2.75) is 18.6 Å². The van der Waals surface area contributed by atoms with Crippen molar-refractivity contribution in [3.05, 3.63) is 59.7 Å². The van der Waals surface area contributed by atoms with E-state index in [9.17, 15) is 5.11 Å². The van der Waals surface area contributed by atoms with Crippen LogP contribution in [0.3, 0.4) is 0 Å². The fourth-order valence-corrected chi connectivity index (χ4v) is 2.36. The lowest BCUT2D eigenvalue weighted by atomic mass is 9.96. The SMILES string of the molecule is COc1cccc([C@H](N)[C@H](O)Cc2ccccc2)c1OC. The number of hydrogen-bond acceptors (Lipinski definition) is 4. The molecule has 0 aliphatic carbocycles. The van der Waals surface area contributed by atoms with Gasteiger partial charge in [-0.05, 0) is 11.6 Å². The van der Waals surface area contributed by atoms with E-state index in [1.165, 1.54) is 0 Å². The second-order valence-corrected chi connectivity index (χ2v) is 4.87. The van der Waals surface area contributed by atoms with Crippen LogP contribution in [-0.4, -0.2) is 25.4 Å². The minimum Gasteiger partial charge on any atom is -0.493 e. The molecular weight excluding hydrogens is 266 g/mol. The van der Waals surface area contributed by atoms with Gasteiger partial charge in [-0.2, -0.15) is 0 Å². The van der Waals surface area contributed by atoms with Gasteiger partial charge in [0.05, 0.1) is 26.4 Å². The molecule has 0 radical (unpaired) electrons. The summed E-state index contributed by atoms with van der Waals surface area (Å²) >= 11 is 0. The van der Waals surface area contributed by atoms with E-state index in [4.69, 9.17) is 15.2 Å². The summed E-state index contributed by atoms with van der Waals surface area (Å²) in [5.74, 6) is 1.18. The number of aliphatic hydroxyl groups is 1. The van der Waals surface area contributed by atoms with Crippen molar-refractivity contribution < 1.29 is 14.6 Å². The summed E-state index contributed by atoms with van der Waals surface area (Å²) in [4.78, 5) is 0. The Morgan fingerprint density at radius 2 is 1.71 bits per heavy atom. The van der Waals surface area contributed by atoms with Gasteiger partial charge >= 0.3 is 0 Å². The monoisotopic (exact) mass is 287 g/mol. The van der Waals surface area contributed by atoms with Crippen molar-refractivity contribution >= 4 is 0 Å².